The highest BCUT2D eigenvalue weighted by atomic mass is 16.5. The molecule has 2 rings (SSSR count). The van der Waals surface area contributed by atoms with Gasteiger partial charge in [-0.05, 0) is 24.6 Å². The lowest BCUT2D eigenvalue weighted by Gasteiger charge is -2.06. The van der Waals surface area contributed by atoms with Gasteiger partial charge in [-0.3, -0.25) is 9.59 Å². The van der Waals surface area contributed by atoms with Crippen LogP contribution in [0.15, 0.2) is 48.5 Å². The van der Waals surface area contributed by atoms with Crippen LogP contribution in [0.5, 0.6) is 5.75 Å². The summed E-state index contributed by atoms with van der Waals surface area (Å²) in [7, 11) is 1.59. The SMILES string of the molecule is COc1ccc(CNC(=O)C(=O)c2ccc(C)cc2)cc1. The van der Waals surface area contributed by atoms with E-state index in [9.17, 15) is 9.59 Å². The lowest BCUT2D eigenvalue weighted by atomic mass is 10.1. The normalized spacial score (nSPS) is 10.0. The maximum atomic E-state index is 11.9. The summed E-state index contributed by atoms with van der Waals surface area (Å²) < 4.78 is 5.06. The Kier molecular flexibility index (Phi) is 4.72. The highest BCUT2D eigenvalue weighted by molar-refractivity contribution is 6.42. The number of carbonyl (C=O) groups excluding carboxylic acids is 2. The third kappa shape index (κ3) is 3.92. The molecule has 1 amide bonds. The molecule has 0 radical (unpaired) electrons. The second-order valence-corrected chi connectivity index (χ2v) is 4.73. The van der Waals surface area contributed by atoms with E-state index in [2.05, 4.69) is 5.32 Å². The van der Waals surface area contributed by atoms with E-state index in [4.69, 9.17) is 4.74 Å². The summed E-state index contributed by atoms with van der Waals surface area (Å²) >= 11 is 0. The van der Waals surface area contributed by atoms with Gasteiger partial charge in [0, 0.05) is 12.1 Å². The number of aryl methyl sites for hydroxylation is 1. The number of benzene rings is 2. The molecule has 0 aliphatic rings. The van der Waals surface area contributed by atoms with Crippen LogP contribution in [0.25, 0.3) is 0 Å². The van der Waals surface area contributed by atoms with Gasteiger partial charge >= 0.3 is 0 Å². The molecular weight excluding hydrogens is 266 g/mol. The molecule has 0 heterocycles. The van der Waals surface area contributed by atoms with Crippen molar-refractivity contribution in [1.82, 2.24) is 5.32 Å². The van der Waals surface area contributed by atoms with Gasteiger partial charge in [0.25, 0.3) is 5.91 Å². The molecule has 108 valence electrons. The fourth-order valence-corrected chi connectivity index (χ4v) is 1.84. The van der Waals surface area contributed by atoms with Gasteiger partial charge in [0.05, 0.1) is 7.11 Å². The summed E-state index contributed by atoms with van der Waals surface area (Å²) in [5.41, 5.74) is 2.35. The minimum Gasteiger partial charge on any atom is -0.497 e. The highest BCUT2D eigenvalue weighted by Gasteiger charge is 2.15. The molecule has 0 spiro atoms. The number of nitrogens with one attached hydrogen (secondary N) is 1. The molecular formula is C17H17NO3. The van der Waals surface area contributed by atoms with Gasteiger partial charge in [0.15, 0.2) is 0 Å². The van der Waals surface area contributed by atoms with Crippen LogP contribution in [0.1, 0.15) is 21.5 Å². The first-order valence-electron chi connectivity index (χ1n) is 6.62. The minimum atomic E-state index is -0.602. The van der Waals surface area contributed by atoms with Crippen molar-refractivity contribution in [3.8, 4) is 5.75 Å². The van der Waals surface area contributed by atoms with Crippen molar-refractivity contribution >= 4 is 11.7 Å². The maximum Gasteiger partial charge on any atom is 0.292 e. The van der Waals surface area contributed by atoms with Crippen molar-refractivity contribution in [3.63, 3.8) is 0 Å². The molecule has 2 aromatic rings. The molecule has 4 nitrogen and oxygen atoms in total. The van der Waals surface area contributed by atoms with Crippen LogP contribution in [0.4, 0.5) is 0 Å². The van der Waals surface area contributed by atoms with E-state index in [1.807, 2.05) is 43.3 Å². The van der Waals surface area contributed by atoms with E-state index in [0.717, 1.165) is 16.9 Å². The third-order valence-electron chi connectivity index (χ3n) is 3.13. The van der Waals surface area contributed by atoms with Gasteiger partial charge < -0.3 is 10.1 Å². The van der Waals surface area contributed by atoms with Crippen LogP contribution >= 0.6 is 0 Å². The molecule has 2 aromatic carbocycles. The van der Waals surface area contributed by atoms with Gasteiger partial charge in [0.2, 0.25) is 5.78 Å². The largest absolute Gasteiger partial charge is 0.497 e. The van der Waals surface area contributed by atoms with Gasteiger partial charge in [-0.25, -0.2) is 0 Å². The van der Waals surface area contributed by atoms with Gasteiger partial charge in [-0.2, -0.15) is 0 Å². The number of methoxy groups -OCH3 is 1. The van der Waals surface area contributed by atoms with Crippen LogP contribution in [0.3, 0.4) is 0 Å². The smallest absolute Gasteiger partial charge is 0.292 e. The minimum absolute atomic E-state index is 0.306. The molecule has 0 saturated heterocycles. The number of Topliss-reactive ketones (excluding diaryl/α,β-unsaturated/α-hetero) is 1. The van der Waals surface area contributed by atoms with Gasteiger partial charge in [0.1, 0.15) is 5.75 Å². The first-order chi connectivity index (χ1) is 10.1. The Morgan fingerprint density at radius 3 is 2.19 bits per heavy atom. The Bertz CT molecular complexity index is 630. The molecule has 0 aliphatic carbocycles. The zero-order chi connectivity index (χ0) is 15.2. The molecule has 0 saturated carbocycles. The average molecular weight is 283 g/mol. The monoisotopic (exact) mass is 283 g/mol. The van der Waals surface area contributed by atoms with Crippen molar-refractivity contribution in [2.45, 2.75) is 13.5 Å². The molecule has 0 fully saturated rings. The lowest BCUT2D eigenvalue weighted by Crippen LogP contribution is -2.30. The predicted molar refractivity (Wildman–Crippen MR) is 80.4 cm³/mol. The Morgan fingerprint density at radius 2 is 1.62 bits per heavy atom. The molecule has 0 atom stereocenters. The quantitative estimate of drug-likeness (QED) is 0.677. The van der Waals surface area contributed by atoms with E-state index in [0.29, 0.717) is 12.1 Å². The Morgan fingerprint density at radius 1 is 1.00 bits per heavy atom. The topological polar surface area (TPSA) is 55.4 Å². The first kappa shape index (κ1) is 14.8. The highest BCUT2D eigenvalue weighted by Crippen LogP contribution is 2.11. The Labute approximate surface area is 123 Å². The molecule has 21 heavy (non-hydrogen) atoms. The zero-order valence-electron chi connectivity index (χ0n) is 12.1. The summed E-state index contributed by atoms with van der Waals surface area (Å²) in [6.45, 7) is 2.23. The van der Waals surface area contributed by atoms with Crippen molar-refractivity contribution in [2.75, 3.05) is 7.11 Å². The summed E-state index contributed by atoms with van der Waals surface area (Å²) in [6, 6.07) is 14.2. The van der Waals surface area contributed by atoms with E-state index in [1.165, 1.54) is 0 Å². The first-order valence-corrected chi connectivity index (χ1v) is 6.62. The number of carbonyl (C=O) groups is 2. The lowest BCUT2D eigenvalue weighted by molar-refractivity contribution is -0.117. The van der Waals surface area contributed by atoms with E-state index < -0.39 is 11.7 Å². The number of hydrogen-bond donors (Lipinski definition) is 1. The second-order valence-electron chi connectivity index (χ2n) is 4.73. The van der Waals surface area contributed by atoms with Gasteiger partial charge in [-0.15, -0.1) is 0 Å². The van der Waals surface area contributed by atoms with Crippen LogP contribution in [0.2, 0.25) is 0 Å². The molecule has 0 aromatic heterocycles. The summed E-state index contributed by atoms with van der Waals surface area (Å²) in [4.78, 5) is 23.8. The summed E-state index contributed by atoms with van der Waals surface area (Å²) in [6.07, 6.45) is 0. The number of amides is 1. The summed E-state index contributed by atoms with van der Waals surface area (Å²) in [5.74, 6) is -0.376. The van der Waals surface area contributed by atoms with Crippen molar-refractivity contribution in [1.29, 1.82) is 0 Å². The van der Waals surface area contributed by atoms with E-state index in [-0.39, 0.29) is 0 Å². The number of ketones is 1. The van der Waals surface area contributed by atoms with Crippen LogP contribution in [0, 0.1) is 6.92 Å². The Balaban J connectivity index is 1.94. The van der Waals surface area contributed by atoms with Crippen molar-refractivity contribution < 1.29 is 14.3 Å². The molecule has 1 N–H and O–H groups in total. The molecule has 0 unspecified atom stereocenters. The standard InChI is InChI=1S/C17H17NO3/c1-12-3-7-14(8-4-12)16(19)17(20)18-11-13-5-9-15(21-2)10-6-13/h3-10H,11H2,1-2H3,(H,18,20). The average Bonchev–Trinajstić information content (AvgIpc) is 2.53. The fourth-order valence-electron chi connectivity index (χ4n) is 1.84. The van der Waals surface area contributed by atoms with Crippen LogP contribution < -0.4 is 10.1 Å². The van der Waals surface area contributed by atoms with E-state index >= 15 is 0 Å². The fraction of sp³-hybridized carbons (Fsp3) is 0.176. The summed E-state index contributed by atoms with van der Waals surface area (Å²) in [5, 5.41) is 2.62. The van der Waals surface area contributed by atoms with E-state index in [1.54, 1.807) is 19.2 Å². The second kappa shape index (κ2) is 6.70. The third-order valence-corrected chi connectivity index (χ3v) is 3.13. The zero-order valence-corrected chi connectivity index (χ0v) is 12.1. The maximum absolute atomic E-state index is 11.9. The Hall–Kier alpha value is -2.62. The number of rotatable bonds is 5. The van der Waals surface area contributed by atoms with Crippen molar-refractivity contribution in [2.24, 2.45) is 0 Å². The molecule has 0 bridgehead atoms. The van der Waals surface area contributed by atoms with Crippen molar-refractivity contribution in [3.05, 3.63) is 65.2 Å². The number of hydrogen-bond acceptors (Lipinski definition) is 3. The molecule has 4 heteroatoms. The predicted octanol–water partition coefficient (Wildman–Crippen LogP) is 2.50. The molecule has 0 aliphatic heterocycles. The number of ether oxygens (including phenoxy) is 1. The van der Waals surface area contributed by atoms with Gasteiger partial charge in [-0.1, -0.05) is 42.0 Å². The van der Waals surface area contributed by atoms with Crippen LogP contribution in [-0.4, -0.2) is 18.8 Å². The van der Waals surface area contributed by atoms with Crippen LogP contribution in [-0.2, 0) is 11.3 Å².